The van der Waals surface area contributed by atoms with E-state index in [-0.39, 0.29) is 6.01 Å². The lowest BCUT2D eigenvalue weighted by Crippen LogP contribution is -2.56. The van der Waals surface area contributed by atoms with Crippen LogP contribution in [0.25, 0.3) is 0 Å². The van der Waals surface area contributed by atoms with Crippen LogP contribution in [-0.4, -0.2) is 44.9 Å². The average Bonchev–Trinajstić information content (AvgIpc) is 2.26. The number of hydrogen-bond acceptors (Lipinski definition) is 6. The Balaban J connectivity index is 3.18. The minimum absolute atomic E-state index is 0.350. The van der Waals surface area contributed by atoms with E-state index in [2.05, 4.69) is 19.7 Å². The third-order valence-electron chi connectivity index (χ3n) is 2.13. The normalized spacial score (nSPS) is 14.6. The molecule has 19 heavy (non-hydrogen) atoms. The second-order valence-electron chi connectivity index (χ2n) is 3.47. The molecule has 0 aromatic carbocycles. The molecule has 7 nitrogen and oxygen atoms in total. The summed E-state index contributed by atoms with van der Waals surface area (Å²) in [7, 11) is 1.16. The van der Waals surface area contributed by atoms with Gasteiger partial charge in [-0.3, -0.25) is 0 Å². The maximum Gasteiger partial charge on any atom is 0.422 e. The second kappa shape index (κ2) is 5.03. The summed E-state index contributed by atoms with van der Waals surface area (Å²) in [4.78, 5) is 21.0. The number of carboxylic acids is 1. The van der Waals surface area contributed by atoms with Gasteiger partial charge in [0.25, 0.3) is 0 Å². The maximum atomic E-state index is 12.7. The molecule has 0 aliphatic carbocycles. The Morgan fingerprint density at radius 3 is 2.37 bits per heavy atom. The van der Waals surface area contributed by atoms with Gasteiger partial charge in [0.15, 0.2) is 0 Å². The largest absolute Gasteiger partial charge is 0.479 e. The highest BCUT2D eigenvalue weighted by atomic mass is 35.5. The zero-order chi connectivity index (χ0) is 14.8. The van der Waals surface area contributed by atoms with Crippen LogP contribution in [0.1, 0.15) is 6.92 Å². The predicted molar refractivity (Wildman–Crippen MR) is 57.1 cm³/mol. The zero-order valence-electron chi connectivity index (χ0n) is 9.62. The number of carboxylic acid groups (broad SMARTS) is 1. The number of carbonyl (C=O) groups is 1. The van der Waals surface area contributed by atoms with Gasteiger partial charge in [-0.05, 0) is 18.5 Å². The summed E-state index contributed by atoms with van der Waals surface area (Å²) in [5.41, 5.74) is -3.28. The Morgan fingerprint density at radius 2 is 1.95 bits per heavy atom. The maximum absolute atomic E-state index is 12.7. The molecule has 11 heteroatoms. The van der Waals surface area contributed by atoms with E-state index in [1.165, 1.54) is 0 Å². The van der Waals surface area contributed by atoms with Crippen LogP contribution in [0.15, 0.2) is 0 Å². The number of ether oxygens (including phenoxy) is 1. The molecule has 0 fully saturated rings. The number of halogens is 4. The fourth-order valence-corrected chi connectivity index (χ4v) is 1.10. The van der Waals surface area contributed by atoms with Gasteiger partial charge in [0.1, 0.15) is 0 Å². The van der Waals surface area contributed by atoms with Gasteiger partial charge in [-0.25, -0.2) is 4.79 Å². The lowest BCUT2D eigenvalue weighted by molar-refractivity contribution is -0.193. The van der Waals surface area contributed by atoms with Crippen molar-refractivity contribution in [2.24, 2.45) is 0 Å². The molecule has 0 spiro atoms. The lowest BCUT2D eigenvalue weighted by Gasteiger charge is -2.28. The summed E-state index contributed by atoms with van der Waals surface area (Å²) in [6.45, 7) is 0.430. The van der Waals surface area contributed by atoms with Crippen LogP contribution < -0.4 is 10.1 Å². The van der Waals surface area contributed by atoms with Crippen LogP contribution in [0, 0.1) is 0 Å². The van der Waals surface area contributed by atoms with Gasteiger partial charge < -0.3 is 15.2 Å². The third kappa shape index (κ3) is 3.13. The number of hydrogen-bond donors (Lipinski definition) is 2. The number of alkyl halides is 3. The molecular weight excluding hydrogens is 293 g/mol. The van der Waals surface area contributed by atoms with E-state index < -0.39 is 28.9 Å². The van der Waals surface area contributed by atoms with Crippen molar-refractivity contribution < 1.29 is 27.8 Å². The van der Waals surface area contributed by atoms with E-state index >= 15 is 0 Å². The SMILES string of the molecule is COc1nc(Cl)nc(NC(C)(C(=O)O)C(F)(F)F)n1. The molecule has 0 saturated carbocycles. The summed E-state index contributed by atoms with van der Waals surface area (Å²) in [6, 6.07) is -0.350. The van der Waals surface area contributed by atoms with Crippen LogP contribution in [-0.2, 0) is 4.79 Å². The summed E-state index contributed by atoms with van der Waals surface area (Å²) in [5.74, 6) is -2.81. The molecule has 1 aromatic heterocycles. The monoisotopic (exact) mass is 300 g/mol. The molecule has 0 bridgehead atoms. The van der Waals surface area contributed by atoms with E-state index in [1.807, 2.05) is 0 Å². The molecule has 0 aliphatic heterocycles. The van der Waals surface area contributed by atoms with Crippen molar-refractivity contribution in [2.45, 2.75) is 18.6 Å². The highest BCUT2D eigenvalue weighted by Gasteiger charge is 2.58. The van der Waals surface area contributed by atoms with E-state index in [9.17, 15) is 18.0 Å². The summed E-state index contributed by atoms with van der Waals surface area (Å²) in [6.07, 6.45) is -5.08. The van der Waals surface area contributed by atoms with Crippen molar-refractivity contribution in [3.63, 3.8) is 0 Å². The van der Waals surface area contributed by atoms with Gasteiger partial charge in [0, 0.05) is 0 Å². The van der Waals surface area contributed by atoms with E-state index in [1.54, 1.807) is 5.32 Å². The summed E-state index contributed by atoms with van der Waals surface area (Å²) >= 11 is 5.44. The van der Waals surface area contributed by atoms with Crippen molar-refractivity contribution in [2.75, 3.05) is 12.4 Å². The molecule has 1 aromatic rings. The van der Waals surface area contributed by atoms with E-state index in [0.717, 1.165) is 7.11 Å². The minimum Gasteiger partial charge on any atom is -0.479 e. The zero-order valence-corrected chi connectivity index (χ0v) is 10.4. The number of methoxy groups -OCH3 is 1. The van der Waals surface area contributed by atoms with E-state index in [0.29, 0.717) is 6.92 Å². The Labute approximate surface area is 109 Å². The van der Waals surface area contributed by atoms with Crippen LogP contribution in [0.4, 0.5) is 19.1 Å². The van der Waals surface area contributed by atoms with Crippen molar-refractivity contribution in [1.29, 1.82) is 0 Å². The fourth-order valence-electron chi connectivity index (χ4n) is 0.948. The Morgan fingerprint density at radius 1 is 1.37 bits per heavy atom. The molecule has 2 N–H and O–H groups in total. The Kier molecular flexibility index (Phi) is 4.03. The fraction of sp³-hybridized carbons (Fsp3) is 0.500. The molecule has 106 valence electrons. The van der Waals surface area contributed by atoms with Gasteiger partial charge in [0.2, 0.25) is 16.8 Å². The number of nitrogens with zero attached hydrogens (tertiary/aromatic N) is 3. The average molecular weight is 301 g/mol. The van der Waals surface area contributed by atoms with Crippen molar-refractivity contribution >= 4 is 23.5 Å². The van der Waals surface area contributed by atoms with Crippen molar-refractivity contribution in [3.05, 3.63) is 5.28 Å². The molecule has 0 aliphatic rings. The predicted octanol–water partition coefficient (Wildman–Crippen LogP) is 1.35. The van der Waals surface area contributed by atoms with Gasteiger partial charge in [-0.2, -0.15) is 28.1 Å². The molecule has 0 amide bonds. The number of aliphatic carboxylic acids is 1. The lowest BCUT2D eigenvalue weighted by atomic mass is 10.0. The third-order valence-corrected chi connectivity index (χ3v) is 2.30. The Bertz CT molecular complexity index is 499. The molecule has 1 atom stereocenters. The molecular formula is C8H8ClF3N4O3. The van der Waals surface area contributed by atoms with Crippen molar-refractivity contribution in [1.82, 2.24) is 15.0 Å². The van der Waals surface area contributed by atoms with Gasteiger partial charge in [-0.1, -0.05) is 0 Å². The van der Waals surface area contributed by atoms with Crippen LogP contribution in [0.2, 0.25) is 5.28 Å². The van der Waals surface area contributed by atoms with Crippen molar-refractivity contribution in [3.8, 4) is 6.01 Å². The minimum atomic E-state index is -5.08. The number of aromatic nitrogens is 3. The number of anilines is 1. The van der Waals surface area contributed by atoms with Crippen LogP contribution >= 0.6 is 11.6 Å². The van der Waals surface area contributed by atoms with Crippen LogP contribution in [0.5, 0.6) is 6.01 Å². The highest BCUT2D eigenvalue weighted by molar-refractivity contribution is 6.28. The first-order chi connectivity index (χ1) is 8.60. The molecule has 0 radical (unpaired) electrons. The highest BCUT2D eigenvalue weighted by Crippen LogP contribution is 2.33. The molecule has 0 saturated heterocycles. The molecule has 1 rings (SSSR count). The second-order valence-corrected chi connectivity index (χ2v) is 3.81. The van der Waals surface area contributed by atoms with Gasteiger partial charge >= 0.3 is 18.2 Å². The smallest absolute Gasteiger partial charge is 0.422 e. The molecule has 1 heterocycles. The van der Waals surface area contributed by atoms with Crippen LogP contribution in [0.3, 0.4) is 0 Å². The summed E-state index contributed by atoms with van der Waals surface area (Å²) < 4.78 is 42.8. The topological polar surface area (TPSA) is 97.2 Å². The van der Waals surface area contributed by atoms with Gasteiger partial charge in [-0.15, -0.1) is 0 Å². The van der Waals surface area contributed by atoms with E-state index in [4.69, 9.17) is 16.7 Å². The first-order valence-corrected chi connectivity index (χ1v) is 5.02. The number of nitrogens with one attached hydrogen (secondary N) is 1. The first-order valence-electron chi connectivity index (χ1n) is 4.64. The number of rotatable bonds is 4. The van der Waals surface area contributed by atoms with Gasteiger partial charge in [0.05, 0.1) is 7.11 Å². The molecule has 1 unspecified atom stereocenters. The summed E-state index contributed by atoms with van der Waals surface area (Å²) in [5, 5.41) is 9.93. The first kappa shape index (κ1) is 15.2. The quantitative estimate of drug-likeness (QED) is 0.866. The Hall–Kier alpha value is -1.84. The standard InChI is InChI=1S/C8H8ClF3N4O3/c1-7(3(17)18,8(10,11)12)16-5-13-4(9)14-6(15-5)19-2/h1-2H3,(H,17,18)(H,13,14,15,16).